The molecule has 0 fully saturated rings. The average molecular weight is 424 g/mol. The van der Waals surface area contributed by atoms with Gasteiger partial charge in [0.2, 0.25) is 0 Å². The second-order valence-corrected chi connectivity index (χ2v) is 5.25. The molecule has 0 bridgehead atoms. The fourth-order valence-corrected chi connectivity index (χ4v) is 2.45. The maximum absolute atomic E-state index is 4.49. The molecule has 2 aromatic rings. The molecule has 0 spiro atoms. The van der Waals surface area contributed by atoms with Gasteiger partial charge in [0.15, 0.2) is 5.96 Å². The van der Waals surface area contributed by atoms with Gasteiger partial charge >= 0.3 is 0 Å². The fourth-order valence-electron chi connectivity index (χ4n) is 2.45. The highest BCUT2D eigenvalue weighted by Gasteiger charge is 2.07. The second-order valence-electron chi connectivity index (χ2n) is 5.25. The van der Waals surface area contributed by atoms with Crippen LogP contribution in [0.5, 0.6) is 0 Å². The first-order valence-electron chi connectivity index (χ1n) is 7.61. The number of hydrogen-bond acceptors (Lipinski definition) is 2. The van der Waals surface area contributed by atoms with Crippen LogP contribution < -0.4 is 5.32 Å². The van der Waals surface area contributed by atoms with E-state index in [1.54, 1.807) is 0 Å². The van der Waals surface area contributed by atoms with Crippen LogP contribution in [0.2, 0.25) is 0 Å². The fraction of sp³-hybridized carbons (Fsp3) is 0.333. The highest BCUT2D eigenvalue weighted by atomic mass is 127. The predicted octanol–water partition coefficient (Wildman–Crippen LogP) is 3.83. The first-order valence-corrected chi connectivity index (χ1v) is 7.61. The van der Waals surface area contributed by atoms with E-state index in [4.69, 9.17) is 0 Å². The van der Waals surface area contributed by atoms with Gasteiger partial charge in [-0.05, 0) is 24.5 Å². The standard InChI is InChI=1S/C18H24N4.HI/c1-4-5-6-13-22(3)18(19-2)21-14-16-10-7-9-15-11-8-12-20-17(15)16;/h4,7-12H,1,5-6,13-14H2,2-3H3,(H,19,21);1H. The van der Waals surface area contributed by atoms with Crippen molar-refractivity contribution in [3.8, 4) is 0 Å². The highest BCUT2D eigenvalue weighted by molar-refractivity contribution is 14.0. The molecule has 1 N–H and O–H groups in total. The molecule has 0 aliphatic rings. The summed E-state index contributed by atoms with van der Waals surface area (Å²) in [4.78, 5) is 11.0. The number of nitrogens with zero attached hydrogens (tertiary/aromatic N) is 3. The van der Waals surface area contributed by atoms with Crippen LogP contribution in [0, 0.1) is 0 Å². The van der Waals surface area contributed by atoms with Gasteiger partial charge in [-0.25, -0.2) is 0 Å². The van der Waals surface area contributed by atoms with Crippen LogP contribution in [-0.2, 0) is 6.54 Å². The summed E-state index contributed by atoms with van der Waals surface area (Å²) in [5.74, 6) is 0.900. The first kappa shape index (κ1) is 19.4. The molecule has 1 aromatic heterocycles. The van der Waals surface area contributed by atoms with E-state index >= 15 is 0 Å². The van der Waals surface area contributed by atoms with Gasteiger partial charge < -0.3 is 10.2 Å². The summed E-state index contributed by atoms with van der Waals surface area (Å²) >= 11 is 0. The van der Waals surface area contributed by atoms with Crippen LogP contribution in [0.15, 0.2) is 54.2 Å². The van der Waals surface area contributed by atoms with Crippen molar-refractivity contribution in [2.75, 3.05) is 20.6 Å². The zero-order valence-corrected chi connectivity index (χ0v) is 16.2. The lowest BCUT2D eigenvalue weighted by atomic mass is 10.1. The monoisotopic (exact) mass is 424 g/mol. The minimum absolute atomic E-state index is 0. The zero-order valence-electron chi connectivity index (χ0n) is 13.8. The Hall–Kier alpha value is -1.63. The van der Waals surface area contributed by atoms with E-state index < -0.39 is 0 Å². The van der Waals surface area contributed by atoms with Crippen LogP contribution in [0.1, 0.15) is 18.4 Å². The number of rotatable bonds is 6. The molecular formula is C18H25IN4. The summed E-state index contributed by atoms with van der Waals surface area (Å²) in [6.07, 6.45) is 5.89. The number of allylic oxidation sites excluding steroid dienone is 1. The molecule has 0 unspecified atom stereocenters. The summed E-state index contributed by atoms with van der Waals surface area (Å²) < 4.78 is 0. The summed E-state index contributed by atoms with van der Waals surface area (Å²) in [6, 6.07) is 10.3. The van der Waals surface area contributed by atoms with Gasteiger partial charge in [0.05, 0.1) is 5.52 Å². The van der Waals surface area contributed by atoms with Gasteiger partial charge in [-0.3, -0.25) is 9.98 Å². The molecule has 5 heteroatoms. The molecule has 124 valence electrons. The number of aliphatic imine (C=N–C) groups is 1. The van der Waals surface area contributed by atoms with E-state index in [0.717, 1.165) is 36.2 Å². The van der Waals surface area contributed by atoms with E-state index in [2.05, 4.69) is 58.1 Å². The molecule has 0 saturated carbocycles. The number of unbranched alkanes of at least 4 members (excludes halogenated alkanes) is 1. The Labute approximate surface area is 155 Å². The van der Waals surface area contributed by atoms with Gasteiger partial charge in [0.25, 0.3) is 0 Å². The minimum Gasteiger partial charge on any atom is -0.352 e. The van der Waals surface area contributed by atoms with E-state index in [0.29, 0.717) is 6.54 Å². The summed E-state index contributed by atoms with van der Waals surface area (Å²) in [7, 11) is 3.87. The Bertz CT molecular complexity index is 649. The van der Waals surface area contributed by atoms with E-state index in [1.165, 1.54) is 5.56 Å². The molecule has 0 atom stereocenters. The van der Waals surface area contributed by atoms with Crippen LogP contribution >= 0.6 is 24.0 Å². The van der Waals surface area contributed by atoms with Crippen LogP contribution in [0.25, 0.3) is 10.9 Å². The van der Waals surface area contributed by atoms with Crippen molar-refractivity contribution >= 4 is 40.8 Å². The molecular weight excluding hydrogens is 399 g/mol. The van der Waals surface area contributed by atoms with Crippen LogP contribution in [0.3, 0.4) is 0 Å². The van der Waals surface area contributed by atoms with Gasteiger partial charge in [0, 0.05) is 38.8 Å². The Balaban J connectivity index is 0.00000264. The smallest absolute Gasteiger partial charge is 0.193 e. The van der Waals surface area contributed by atoms with Crippen molar-refractivity contribution < 1.29 is 0 Å². The third-order valence-corrected chi connectivity index (χ3v) is 3.63. The molecule has 0 radical (unpaired) electrons. The summed E-state index contributed by atoms with van der Waals surface area (Å²) in [5, 5.41) is 4.58. The summed E-state index contributed by atoms with van der Waals surface area (Å²) in [6.45, 7) is 5.43. The van der Waals surface area contributed by atoms with Crippen molar-refractivity contribution in [3.63, 3.8) is 0 Å². The van der Waals surface area contributed by atoms with E-state index in [9.17, 15) is 0 Å². The second kappa shape index (κ2) is 10.2. The van der Waals surface area contributed by atoms with Gasteiger partial charge in [0.1, 0.15) is 0 Å². The first-order chi connectivity index (χ1) is 10.8. The number of halogens is 1. The maximum Gasteiger partial charge on any atom is 0.193 e. The third-order valence-electron chi connectivity index (χ3n) is 3.63. The minimum atomic E-state index is 0. The molecule has 1 heterocycles. The number of fused-ring (bicyclic) bond motifs is 1. The molecule has 0 aliphatic carbocycles. The lowest BCUT2D eigenvalue weighted by Gasteiger charge is -2.22. The van der Waals surface area contributed by atoms with Gasteiger partial charge in [-0.1, -0.05) is 30.3 Å². The van der Waals surface area contributed by atoms with Crippen molar-refractivity contribution in [1.29, 1.82) is 0 Å². The van der Waals surface area contributed by atoms with Crippen LogP contribution in [-0.4, -0.2) is 36.5 Å². The van der Waals surface area contributed by atoms with Crippen molar-refractivity contribution in [3.05, 3.63) is 54.7 Å². The Morgan fingerprint density at radius 3 is 2.87 bits per heavy atom. The SMILES string of the molecule is C=CCCCN(C)C(=NC)NCc1cccc2cccnc12.I. The van der Waals surface area contributed by atoms with E-state index in [1.807, 2.05) is 25.4 Å². The Morgan fingerprint density at radius 2 is 2.13 bits per heavy atom. The molecule has 1 aromatic carbocycles. The average Bonchev–Trinajstić information content (AvgIpc) is 2.56. The Morgan fingerprint density at radius 1 is 1.35 bits per heavy atom. The summed E-state index contributed by atoms with van der Waals surface area (Å²) in [5.41, 5.74) is 2.22. The number of guanidine groups is 1. The predicted molar refractivity (Wildman–Crippen MR) is 109 cm³/mol. The molecule has 0 saturated heterocycles. The lowest BCUT2D eigenvalue weighted by Crippen LogP contribution is -2.39. The molecule has 23 heavy (non-hydrogen) atoms. The molecule has 0 amide bonds. The van der Waals surface area contributed by atoms with Gasteiger partial charge in [-0.2, -0.15) is 0 Å². The highest BCUT2D eigenvalue weighted by Crippen LogP contribution is 2.15. The Kier molecular flexibility index (Phi) is 8.61. The molecule has 2 rings (SSSR count). The number of para-hydroxylation sites is 1. The van der Waals surface area contributed by atoms with E-state index in [-0.39, 0.29) is 24.0 Å². The maximum atomic E-state index is 4.49. The number of benzene rings is 1. The lowest BCUT2D eigenvalue weighted by molar-refractivity contribution is 0.470. The topological polar surface area (TPSA) is 40.5 Å². The number of pyridine rings is 1. The molecule has 0 aliphatic heterocycles. The van der Waals surface area contributed by atoms with Gasteiger partial charge in [-0.15, -0.1) is 30.6 Å². The van der Waals surface area contributed by atoms with Crippen molar-refractivity contribution in [1.82, 2.24) is 15.2 Å². The largest absolute Gasteiger partial charge is 0.352 e. The number of aromatic nitrogens is 1. The molecule has 4 nitrogen and oxygen atoms in total. The van der Waals surface area contributed by atoms with Crippen LogP contribution in [0.4, 0.5) is 0 Å². The number of hydrogen-bond donors (Lipinski definition) is 1. The number of nitrogens with one attached hydrogen (secondary N) is 1. The normalized spacial score (nSPS) is 11.0. The van der Waals surface area contributed by atoms with Crippen molar-refractivity contribution in [2.24, 2.45) is 4.99 Å². The third kappa shape index (κ3) is 5.49. The van der Waals surface area contributed by atoms with Crippen molar-refractivity contribution in [2.45, 2.75) is 19.4 Å². The quantitative estimate of drug-likeness (QED) is 0.252. The zero-order chi connectivity index (χ0) is 15.8.